The number of aryl methyl sites for hydroxylation is 1. The van der Waals surface area contributed by atoms with Gasteiger partial charge in [-0.1, -0.05) is 32.0 Å². The molecule has 0 unspecified atom stereocenters. The molecular weight excluding hydrogens is 414 g/mol. The molecule has 0 bridgehead atoms. The summed E-state index contributed by atoms with van der Waals surface area (Å²) >= 11 is 0. The van der Waals surface area contributed by atoms with Crippen molar-refractivity contribution < 1.29 is 20.4 Å². The third-order valence-electron chi connectivity index (χ3n) is 5.39. The molecule has 1 aliphatic heterocycles. The highest BCUT2D eigenvalue weighted by atomic mass is 16.6. The maximum Gasteiger partial charge on any atom is 0.355 e. The fourth-order valence-corrected chi connectivity index (χ4v) is 3.81. The standard InChI is InChI=1S/C20H25N5O5.C2H6/c1-15-5-4-6-16(13-15)22-9-11-23(12-10-22)19(27,28)14-20(29,30)25-18(26)24-8-3-2-7-17(24)21-25;1-2/h2-8,13,27-30H,9-12,14H2,1H3;1-2H3. The minimum Gasteiger partial charge on any atom is -0.369 e. The lowest BCUT2D eigenvalue weighted by molar-refractivity contribution is -0.345. The van der Waals surface area contributed by atoms with E-state index in [0.717, 1.165) is 15.7 Å². The van der Waals surface area contributed by atoms with Crippen LogP contribution in [0.1, 0.15) is 25.8 Å². The predicted octanol–water partition coefficient (Wildman–Crippen LogP) is 0.276. The van der Waals surface area contributed by atoms with Gasteiger partial charge in [-0.15, -0.1) is 5.10 Å². The van der Waals surface area contributed by atoms with Crippen molar-refractivity contribution in [3.8, 4) is 0 Å². The lowest BCUT2D eigenvalue weighted by Gasteiger charge is -2.43. The number of aromatic nitrogens is 3. The van der Waals surface area contributed by atoms with Crippen LogP contribution in [-0.2, 0) is 5.91 Å². The van der Waals surface area contributed by atoms with Crippen molar-refractivity contribution in [2.45, 2.75) is 39.0 Å². The monoisotopic (exact) mass is 445 g/mol. The van der Waals surface area contributed by atoms with Gasteiger partial charge in [0.25, 0.3) is 5.91 Å². The Morgan fingerprint density at radius 2 is 1.62 bits per heavy atom. The number of benzene rings is 1. The Morgan fingerprint density at radius 1 is 0.938 bits per heavy atom. The first-order chi connectivity index (χ1) is 15.2. The summed E-state index contributed by atoms with van der Waals surface area (Å²) in [6.45, 7) is 7.65. The molecule has 32 heavy (non-hydrogen) atoms. The van der Waals surface area contributed by atoms with Crippen molar-refractivity contribution in [3.05, 3.63) is 64.7 Å². The van der Waals surface area contributed by atoms with E-state index in [-0.39, 0.29) is 18.7 Å². The number of aliphatic hydroxyl groups is 4. The molecule has 174 valence electrons. The number of hydrogen-bond donors (Lipinski definition) is 4. The van der Waals surface area contributed by atoms with Crippen LogP contribution < -0.4 is 10.6 Å². The van der Waals surface area contributed by atoms with Crippen molar-refractivity contribution in [1.82, 2.24) is 19.1 Å². The quantitative estimate of drug-likeness (QED) is 0.413. The molecule has 3 heterocycles. The molecule has 0 radical (unpaired) electrons. The minimum absolute atomic E-state index is 0.211. The molecule has 1 fully saturated rings. The van der Waals surface area contributed by atoms with Gasteiger partial charge < -0.3 is 25.3 Å². The van der Waals surface area contributed by atoms with E-state index in [4.69, 9.17) is 0 Å². The smallest absolute Gasteiger partial charge is 0.355 e. The van der Waals surface area contributed by atoms with Gasteiger partial charge in [0.1, 0.15) is 0 Å². The van der Waals surface area contributed by atoms with Gasteiger partial charge in [-0.05, 0) is 36.8 Å². The van der Waals surface area contributed by atoms with Crippen molar-refractivity contribution in [2.24, 2.45) is 0 Å². The topological polar surface area (TPSA) is 127 Å². The van der Waals surface area contributed by atoms with Crippen LogP contribution >= 0.6 is 0 Å². The number of pyridine rings is 1. The van der Waals surface area contributed by atoms with E-state index in [1.165, 1.54) is 17.2 Å². The second-order valence-electron chi connectivity index (χ2n) is 7.66. The minimum atomic E-state index is -2.89. The number of rotatable bonds is 5. The predicted molar refractivity (Wildman–Crippen MR) is 120 cm³/mol. The molecule has 0 amide bonds. The Hall–Kier alpha value is -2.76. The van der Waals surface area contributed by atoms with E-state index in [0.29, 0.717) is 17.8 Å². The number of anilines is 1. The Balaban J connectivity index is 0.00000141. The molecule has 4 N–H and O–H groups in total. The first kappa shape index (κ1) is 23.9. The Labute approximate surface area is 186 Å². The van der Waals surface area contributed by atoms with Gasteiger partial charge in [0.05, 0.1) is 6.42 Å². The van der Waals surface area contributed by atoms with Gasteiger partial charge in [-0.3, -0.25) is 4.40 Å². The summed E-state index contributed by atoms with van der Waals surface area (Å²) < 4.78 is 1.59. The molecule has 1 aromatic carbocycles. The average Bonchev–Trinajstić information content (AvgIpc) is 3.12. The van der Waals surface area contributed by atoms with E-state index in [2.05, 4.69) is 16.1 Å². The maximum atomic E-state index is 12.4. The zero-order valence-corrected chi connectivity index (χ0v) is 18.6. The molecular formula is C22H31N5O5. The molecule has 0 aliphatic carbocycles. The molecule has 4 rings (SSSR count). The summed E-state index contributed by atoms with van der Waals surface area (Å²) in [4.78, 5) is 15.9. The molecule has 10 nitrogen and oxygen atoms in total. The third-order valence-corrected chi connectivity index (χ3v) is 5.39. The Morgan fingerprint density at radius 3 is 2.25 bits per heavy atom. The van der Waals surface area contributed by atoms with Crippen LogP contribution in [0, 0.1) is 6.92 Å². The number of piperazine rings is 1. The second-order valence-corrected chi connectivity index (χ2v) is 7.66. The van der Waals surface area contributed by atoms with Crippen LogP contribution in [0.3, 0.4) is 0 Å². The van der Waals surface area contributed by atoms with Crippen LogP contribution in [0.2, 0.25) is 0 Å². The zero-order chi connectivity index (χ0) is 23.5. The summed E-state index contributed by atoms with van der Waals surface area (Å²) in [6, 6.07) is 12.8. The van der Waals surface area contributed by atoms with E-state index in [1.807, 2.05) is 39.0 Å². The molecule has 0 spiro atoms. The third kappa shape index (κ3) is 4.84. The summed E-state index contributed by atoms with van der Waals surface area (Å²) in [5.41, 5.74) is 1.60. The fraction of sp³-hybridized carbons (Fsp3) is 0.455. The van der Waals surface area contributed by atoms with Crippen LogP contribution in [0.4, 0.5) is 5.69 Å². The highest BCUT2D eigenvalue weighted by Gasteiger charge is 2.44. The van der Waals surface area contributed by atoms with Gasteiger partial charge in [0.15, 0.2) is 5.65 Å². The number of hydrogen-bond acceptors (Lipinski definition) is 8. The molecule has 0 saturated carbocycles. The lowest BCUT2D eigenvalue weighted by atomic mass is 10.1. The SMILES string of the molecule is CC.Cc1cccc(N2CCN(C(O)(O)CC(O)(O)n3nc4ccccn4c3=O)CC2)c1. The van der Waals surface area contributed by atoms with Crippen molar-refractivity contribution >= 4 is 11.3 Å². The van der Waals surface area contributed by atoms with Crippen LogP contribution in [0.5, 0.6) is 0 Å². The van der Waals surface area contributed by atoms with Crippen molar-refractivity contribution in [1.29, 1.82) is 0 Å². The van der Waals surface area contributed by atoms with Gasteiger partial charge in [-0.25, -0.2) is 9.69 Å². The second kappa shape index (κ2) is 9.39. The molecule has 1 saturated heterocycles. The van der Waals surface area contributed by atoms with Crippen LogP contribution in [0.25, 0.3) is 5.65 Å². The van der Waals surface area contributed by atoms with Crippen LogP contribution in [0.15, 0.2) is 53.5 Å². The molecule has 3 aromatic rings. The first-order valence-corrected chi connectivity index (χ1v) is 10.7. The zero-order valence-electron chi connectivity index (χ0n) is 18.6. The first-order valence-electron chi connectivity index (χ1n) is 10.7. The molecule has 10 heteroatoms. The van der Waals surface area contributed by atoms with E-state index < -0.39 is 23.9 Å². The van der Waals surface area contributed by atoms with Crippen LogP contribution in [-0.4, -0.2) is 71.6 Å². The summed E-state index contributed by atoms with van der Waals surface area (Å²) in [7, 11) is 0. The van der Waals surface area contributed by atoms with Gasteiger partial charge in [0, 0.05) is 38.1 Å². The number of nitrogens with zero attached hydrogens (tertiary/aromatic N) is 5. The summed E-state index contributed by atoms with van der Waals surface area (Å²) in [5, 5.41) is 46.0. The molecule has 1 aliphatic rings. The molecule has 2 aromatic heterocycles. The highest BCUT2D eigenvalue weighted by Crippen LogP contribution is 2.26. The average molecular weight is 446 g/mol. The summed E-state index contributed by atoms with van der Waals surface area (Å²) in [5.74, 6) is -5.43. The van der Waals surface area contributed by atoms with E-state index >= 15 is 0 Å². The maximum absolute atomic E-state index is 12.4. The van der Waals surface area contributed by atoms with Crippen molar-refractivity contribution in [2.75, 3.05) is 31.1 Å². The highest BCUT2D eigenvalue weighted by molar-refractivity contribution is 5.48. The normalized spacial score (nSPS) is 15.5. The Bertz CT molecular complexity index is 1100. The molecule has 0 atom stereocenters. The van der Waals surface area contributed by atoms with E-state index in [9.17, 15) is 25.2 Å². The van der Waals surface area contributed by atoms with Gasteiger partial charge in [-0.2, -0.15) is 4.68 Å². The fourth-order valence-electron chi connectivity index (χ4n) is 3.81. The largest absolute Gasteiger partial charge is 0.369 e. The lowest BCUT2D eigenvalue weighted by Crippen LogP contribution is -2.60. The summed E-state index contributed by atoms with van der Waals surface area (Å²) in [6.07, 6.45) is 0.501. The number of fused-ring (bicyclic) bond motifs is 1. The van der Waals surface area contributed by atoms with E-state index in [1.54, 1.807) is 12.1 Å². The Kier molecular flexibility index (Phi) is 7.01. The van der Waals surface area contributed by atoms with Crippen molar-refractivity contribution in [3.63, 3.8) is 0 Å². The van der Waals surface area contributed by atoms with Gasteiger partial charge >= 0.3 is 5.69 Å². The van der Waals surface area contributed by atoms with Gasteiger partial charge in [0.2, 0.25) is 5.91 Å².